The molecular formula is C14H8ClNO2. The van der Waals surface area contributed by atoms with E-state index in [4.69, 9.17) is 11.6 Å². The van der Waals surface area contributed by atoms with Crippen LogP contribution in [0.4, 0.5) is 5.69 Å². The molecule has 18 heavy (non-hydrogen) atoms. The van der Waals surface area contributed by atoms with E-state index in [1.165, 1.54) is 0 Å². The topological polar surface area (TPSA) is 43.1 Å². The zero-order valence-electron chi connectivity index (χ0n) is 9.26. The summed E-state index contributed by atoms with van der Waals surface area (Å²) in [6.45, 7) is 0. The minimum atomic E-state index is -0.322. The van der Waals surface area contributed by atoms with Crippen LogP contribution < -0.4 is 0 Å². The molecule has 0 atom stereocenters. The summed E-state index contributed by atoms with van der Waals surface area (Å²) >= 11 is 5.98. The molecule has 0 aromatic heterocycles. The fourth-order valence-electron chi connectivity index (χ4n) is 2.08. The Morgan fingerprint density at radius 1 is 1.00 bits per heavy atom. The van der Waals surface area contributed by atoms with Gasteiger partial charge in [-0.3, -0.25) is 4.79 Å². The predicted molar refractivity (Wildman–Crippen MR) is 69.6 cm³/mol. The highest BCUT2D eigenvalue weighted by Gasteiger charge is 2.38. The normalized spacial score (nSPS) is 13.9. The maximum Gasteiger partial charge on any atom is 0.273 e. The quantitative estimate of drug-likeness (QED) is 0.582. The second kappa shape index (κ2) is 3.96. The molecule has 0 aliphatic carbocycles. The number of carbonyl (C=O) groups excluding carboxylic acids is 1. The number of fused-ring (bicyclic) bond motifs is 1. The van der Waals surface area contributed by atoms with Crippen molar-refractivity contribution >= 4 is 28.8 Å². The molecule has 3 rings (SSSR count). The molecule has 0 saturated carbocycles. The lowest BCUT2D eigenvalue weighted by molar-refractivity contribution is -0.355. The molecule has 0 bridgehead atoms. The molecule has 3 nitrogen and oxygen atoms in total. The van der Waals surface area contributed by atoms with Crippen LogP contribution in [0.3, 0.4) is 0 Å². The van der Waals surface area contributed by atoms with Crippen molar-refractivity contribution in [3.05, 3.63) is 69.9 Å². The highest BCUT2D eigenvalue weighted by Crippen LogP contribution is 2.33. The molecule has 1 aliphatic heterocycles. The first kappa shape index (κ1) is 11.0. The third-order valence-corrected chi connectivity index (χ3v) is 3.22. The molecule has 0 saturated heterocycles. The average molecular weight is 258 g/mol. The number of nitrogens with zero attached hydrogens (tertiary/aromatic N) is 1. The molecule has 4 heteroatoms. The molecule has 0 N–H and O–H groups in total. The summed E-state index contributed by atoms with van der Waals surface area (Å²) in [5.74, 6) is -0.322. The summed E-state index contributed by atoms with van der Waals surface area (Å²) in [5.41, 5.74) is 1.32. The fourth-order valence-corrected chi connectivity index (χ4v) is 2.34. The molecule has 2 aromatic carbocycles. The summed E-state index contributed by atoms with van der Waals surface area (Å²) in [6.07, 6.45) is 0. The fraction of sp³-hybridized carbons (Fsp3) is 0. The maximum atomic E-state index is 12.3. The van der Waals surface area contributed by atoms with Crippen LogP contribution >= 0.6 is 11.6 Å². The van der Waals surface area contributed by atoms with E-state index in [0.29, 0.717) is 21.0 Å². The lowest BCUT2D eigenvalue weighted by atomic mass is 10.0. The smallest absolute Gasteiger partial charge is 0.273 e. The van der Waals surface area contributed by atoms with Crippen molar-refractivity contribution in [1.82, 2.24) is 0 Å². The lowest BCUT2D eigenvalue weighted by Gasteiger charge is -2.01. The van der Waals surface area contributed by atoms with E-state index >= 15 is 0 Å². The zero-order valence-corrected chi connectivity index (χ0v) is 10.0. The molecule has 0 unspecified atom stereocenters. The minimum absolute atomic E-state index is 0.124. The van der Waals surface area contributed by atoms with Crippen LogP contribution in [0.1, 0.15) is 15.9 Å². The number of Topliss-reactive ketones (excluding diaryl/α,β-unsaturated/α-hetero) is 1. The molecule has 1 aliphatic rings. The van der Waals surface area contributed by atoms with Crippen LogP contribution in [-0.4, -0.2) is 16.2 Å². The van der Waals surface area contributed by atoms with Crippen molar-refractivity contribution < 1.29 is 9.53 Å². The van der Waals surface area contributed by atoms with E-state index in [0.717, 1.165) is 0 Å². The molecule has 88 valence electrons. The molecular weight excluding hydrogens is 250 g/mol. The van der Waals surface area contributed by atoms with E-state index in [1.54, 1.807) is 42.5 Å². The Morgan fingerprint density at radius 2 is 1.72 bits per heavy atom. The number of hydrogen-bond donors (Lipinski definition) is 0. The van der Waals surface area contributed by atoms with E-state index in [2.05, 4.69) is 0 Å². The van der Waals surface area contributed by atoms with E-state index in [1.807, 2.05) is 6.07 Å². The van der Waals surface area contributed by atoms with Crippen molar-refractivity contribution in [2.75, 3.05) is 0 Å². The van der Waals surface area contributed by atoms with Crippen LogP contribution in [-0.2, 0) is 0 Å². The van der Waals surface area contributed by atoms with Gasteiger partial charge in [0.25, 0.3) is 11.5 Å². The zero-order chi connectivity index (χ0) is 12.7. The first-order valence-corrected chi connectivity index (χ1v) is 5.81. The van der Waals surface area contributed by atoms with Gasteiger partial charge in [0.1, 0.15) is 5.56 Å². The Hall–Kier alpha value is -2.13. The summed E-state index contributed by atoms with van der Waals surface area (Å²) in [4.78, 5) is 12.3. The molecule has 2 aromatic rings. The molecule has 0 spiro atoms. The molecule has 0 fully saturated rings. The van der Waals surface area contributed by atoms with Gasteiger partial charge in [0.05, 0.1) is 10.6 Å². The van der Waals surface area contributed by atoms with Gasteiger partial charge in [-0.05, 0) is 18.2 Å². The Labute approximate surface area is 109 Å². The number of carbonyl (C=O) groups is 1. The number of hydrogen-bond acceptors (Lipinski definition) is 2. The van der Waals surface area contributed by atoms with Gasteiger partial charge in [-0.25, -0.2) is 0 Å². The molecule has 1 heterocycles. The van der Waals surface area contributed by atoms with Crippen LogP contribution in [0.15, 0.2) is 48.5 Å². The van der Waals surface area contributed by atoms with Gasteiger partial charge in [0.2, 0.25) is 5.69 Å². The molecule has 0 radical (unpaired) electrons. The predicted octanol–water partition coefficient (Wildman–Crippen LogP) is 3.17. The monoisotopic (exact) mass is 257 g/mol. The van der Waals surface area contributed by atoms with Crippen LogP contribution in [0, 0.1) is 5.21 Å². The first-order valence-electron chi connectivity index (χ1n) is 5.43. The number of rotatable bonds is 1. The van der Waals surface area contributed by atoms with Gasteiger partial charge in [0.15, 0.2) is 0 Å². The van der Waals surface area contributed by atoms with Gasteiger partial charge >= 0.3 is 0 Å². The van der Waals surface area contributed by atoms with Crippen molar-refractivity contribution in [3.8, 4) is 0 Å². The highest BCUT2D eigenvalue weighted by atomic mass is 35.5. The van der Waals surface area contributed by atoms with Gasteiger partial charge < -0.3 is 5.21 Å². The SMILES string of the molecule is O=C1C(c2ccccc2)=[N+]([O-])c2cccc(Cl)c21. The van der Waals surface area contributed by atoms with E-state index in [-0.39, 0.29) is 17.1 Å². The third-order valence-electron chi connectivity index (χ3n) is 2.90. The first-order chi connectivity index (χ1) is 8.70. The second-order valence-corrected chi connectivity index (χ2v) is 4.38. The van der Waals surface area contributed by atoms with Gasteiger partial charge in [-0.1, -0.05) is 35.9 Å². The Morgan fingerprint density at radius 3 is 2.39 bits per heavy atom. The average Bonchev–Trinajstić information content (AvgIpc) is 2.64. The third kappa shape index (κ3) is 1.45. The van der Waals surface area contributed by atoms with Crippen molar-refractivity contribution in [2.45, 2.75) is 0 Å². The van der Waals surface area contributed by atoms with Crippen molar-refractivity contribution in [1.29, 1.82) is 0 Å². The summed E-state index contributed by atoms with van der Waals surface area (Å²) in [7, 11) is 0. The van der Waals surface area contributed by atoms with Gasteiger partial charge in [0, 0.05) is 6.07 Å². The largest absolute Gasteiger partial charge is 0.618 e. The number of benzene rings is 2. The Balaban J connectivity index is 2.24. The number of ketones is 1. The lowest BCUT2D eigenvalue weighted by Crippen LogP contribution is -2.16. The molecule has 0 amide bonds. The summed E-state index contributed by atoms with van der Waals surface area (Å²) in [5, 5.41) is 12.5. The second-order valence-electron chi connectivity index (χ2n) is 3.97. The van der Waals surface area contributed by atoms with Crippen molar-refractivity contribution in [2.24, 2.45) is 0 Å². The minimum Gasteiger partial charge on any atom is -0.618 e. The van der Waals surface area contributed by atoms with Gasteiger partial charge in [-0.2, -0.15) is 4.74 Å². The van der Waals surface area contributed by atoms with Crippen LogP contribution in [0.25, 0.3) is 0 Å². The Bertz CT molecular complexity index is 677. The Kier molecular flexibility index (Phi) is 2.42. The van der Waals surface area contributed by atoms with Crippen LogP contribution in [0.5, 0.6) is 0 Å². The highest BCUT2D eigenvalue weighted by molar-refractivity contribution is 6.54. The van der Waals surface area contributed by atoms with Crippen LogP contribution in [0.2, 0.25) is 5.02 Å². The van der Waals surface area contributed by atoms with Crippen molar-refractivity contribution in [3.63, 3.8) is 0 Å². The summed E-state index contributed by atoms with van der Waals surface area (Å²) in [6, 6.07) is 13.7. The number of halogens is 1. The maximum absolute atomic E-state index is 12.3. The summed E-state index contributed by atoms with van der Waals surface area (Å²) < 4.78 is 0.652. The standard InChI is InChI=1S/C14H8ClNO2/c15-10-7-4-8-11-12(10)14(17)13(16(11)18)9-5-2-1-3-6-9/h1-8H. The van der Waals surface area contributed by atoms with E-state index < -0.39 is 0 Å². The van der Waals surface area contributed by atoms with Gasteiger partial charge in [-0.15, -0.1) is 0 Å². The van der Waals surface area contributed by atoms with E-state index in [9.17, 15) is 10.0 Å².